The van der Waals surface area contributed by atoms with Gasteiger partial charge in [-0.15, -0.1) is 0 Å². The molecule has 0 spiro atoms. The van der Waals surface area contributed by atoms with Crippen LogP contribution in [0.5, 0.6) is 0 Å². The third-order valence-electron chi connectivity index (χ3n) is 1.85. The lowest BCUT2D eigenvalue weighted by Gasteiger charge is -2.10. The van der Waals surface area contributed by atoms with Crippen LogP contribution in [0.1, 0.15) is 25.7 Å². The van der Waals surface area contributed by atoms with E-state index >= 15 is 0 Å². The van der Waals surface area contributed by atoms with E-state index in [1.54, 1.807) is 0 Å². The van der Waals surface area contributed by atoms with Crippen molar-refractivity contribution in [3.05, 3.63) is 0 Å². The van der Waals surface area contributed by atoms with Crippen molar-refractivity contribution in [2.24, 2.45) is 10.8 Å². The van der Waals surface area contributed by atoms with Gasteiger partial charge in [0.2, 0.25) is 0 Å². The Morgan fingerprint density at radius 1 is 1.46 bits per heavy atom. The Morgan fingerprint density at radius 2 is 2.31 bits per heavy atom. The Kier molecular flexibility index (Phi) is 4.67. The van der Waals surface area contributed by atoms with Crippen molar-refractivity contribution >= 4 is 23.5 Å². The molecule has 0 aliphatic carbocycles. The second kappa shape index (κ2) is 5.85. The van der Waals surface area contributed by atoms with Gasteiger partial charge in [-0.1, -0.05) is 6.42 Å². The molecule has 1 saturated heterocycles. The van der Waals surface area contributed by atoms with Crippen LogP contribution in [0.25, 0.3) is 0 Å². The number of hydrogen-bond donors (Lipinski definition) is 2. The van der Waals surface area contributed by atoms with Gasteiger partial charge in [-0.05, 0) is 25.0 Å². The fraction of sp³-hybridized carbons (Fsp3) is 0.750. The highest BCUT2D eigenvalue weighted by molar-refractivity contribution is 7.99. The summed E-state index contributed by atoms with van der Waals surface area (Å²) in [5.41, 5.74) is 8.24. The van der Waals surface area contributed by atoms with Crippen molar-refractivity contribution in [3.63, 3.8) is 0 Å². The minimum atomic E-state index is -0.584. The lowest BCUT2D eigenvalue weighted by atomic mass is 10.1. The second-order valence-electron chi connectivity index (χ2n) is 3.02. The summed E-state index contributed by atoms with van der Waals surface area (Å²) >= 11 is 1.87. The van der Waals surface area contributed by atoms with E-state index in [2.05, 4.69) is 10.5 Å². The highest BCUT2D eigenvalue weighted by Gasteiger charge is 2.04. The average Bonchev–Trinajstić information content (AvgIpc) is 2.01. The molecule has 4 nitrogen and oxygen atoms in total. The largest absolute Gasteiger partial charge is 0.350 e. The second-order valence-corrected chi connectivity index (χ2v) is 4.12. The number of nitrogens with two attached hydrogens (primary N) is 1. The molecule has 1 aliphatic heterocycles. The molecular weight excluding hydrogens is 186 g/mol. The molecule has 13 heavy (non-hydrogen) atoms. The molecule has 74 valence electrons. The molecule has 0 aromatic heterocycles. The minimum Gasteiger partial charge on any atom is -0.350 e. The van der Waals surface area contributed by atoms with E-state index in [0.717, 1.165) is 17.9 Å². The number of nitrogens with zero attached hydrogens (tertiary/aromatic N) is 1. The lowest BCUT2D eigenvalue weighted by Crippen LogP contribution is -2.26. The third-order valence-corrected chi connectivity index (χ3v) is 2.96. The lowest BCUT2D eigenvalue weighted by molar-refractivity contribution is 0.249. The van der Waals surface area contributed by atoms with E-state index in [4.69, 9.17) is 5.73 Å². The summed E-state index contributed by atoms with van der Waals surface area (Å²) in [7, 11) is 0. The van der Waals surface area contributed by atoms with Crippen molar-refractivity contribution in [1.29, 1.82) is 0 Å². The monoisotopic (exact) mass is 201 g/mol. The molecule has 0 radical (unpaired) electrons. The number of amides is 2. The number of hydrazone groups is 1. The number of primary amides is 1. The quantitative estimate of drug-likeness (QED) is 0.628. The normalized spacial score (nSPS) is 22.0. The van der Waals surface area contributed by atoms with E-state index < -0.39 is 6.03 Å². The van der Waals surface area contributed by atoms with E-state index in [1.807, 2.05) is 11.8 Å². The van der Waals surface area contributed by atoms with Gasteiger partial charge in [-0.25, -0.2) is 10.2 Å². The molecule has 2 amide bonds. The maximum absolute atomic E-state index is 10.4. The molecular formula is C8H15N3OS. The van der Waals surface area contributed by atoms with Crippen molar-refractivity contribution in [2.45, 2.75) is 25.7 Å². The summed E-state index contributed by atoms with van der Waals surface area (Å²) in [6, 6.07) is -0.584. The van der Waals surface area contributed by atoms with Gasteiger partial charge in [0.1, 0.15) is 0 Å². The zero-order chi connectivity index (χ0) is 9.52. The maximum Gasteiger partial charge on any atom is 0.332 e. The summed E-state index contributed by atoms with van der Waals surface area (Å²) < 4.78 is 0. The summed E-state index contributed by atoms with van der Waals surface area (Å²) in [4.78, 5) is 10.4. The van der Waals surface area contributed by atoms with E-state index in [-0.39, 0.29) is 0 Å². The summed E-state index contributed by atoms with van der Waals surface area (Å²) in [5.74, 6) is 2.11. The van der Waals surface area contributed by atoms with Crippen LogP contribution < -0.4 is 11.2 Å². The Balaban J connectivity index is 2.36. The predicted molar refractivity (Wildman–Crippen MR) is 55.9 cm³/mol. The Hall–Kier alpha value is -0.710. The Labute approximate surface area is 82.3 Å². The van der Waals surface area contributed by atoms with E-state index in [9.17, 15) is 4.79 Å². The van der Waals surface area contributed by atoms with Crippen molar-refractivity contribution in [2.75, 3.05) is 11.5 Å². The minimum absolute atomic E-state index is 0.584. The van der Waals surface area contributed by atoms with Crippen LogP contribution in [0.15, 0.2) is 5.10 Å². The number of carbonyl (C=O) groups is 1. The predicted octanol–water partition coefficient (Wildman–Crippen LogP) is 1.32. The van der Waals surface area contributed by atoms with Gasteiger partial charge in [0.25, 0.3) is 0 Å². The molecule has 0 bridgehead atoms. The smallest absolute Gasteiger partial charge is 0.332 e. The third kappa shape index (κ3) is 4.77. The first-order valence-electron chi connectivity index (χ1n) is 4.47. The van der Waals surface area contributed by atoms with Crippen LogP contribution in [0.2, 0.25) is 0 Å². The molecule has 5 heteroatoms. The fourth-order valence-electron chi connectivity index (χ4n) is 1.19. The number of nitrogens with one attached hydrogen (secondary N) is 1. The van der Waals surface area contributed by atoms with Gasteiger partial charge in [0.15, 0.2) is 0 Å². The highest BCUT2D eigenvalue weighted by Crippen LogP contribution is 2.14. The van der Waals surface area contributed by atoms with Crippen LogP contribution in [0.3, 0.4) is 0 Å². The highest BCUT2D eigenvalue weighted by atomic mass is 32.2. The first-order valence-corrected chi connectivity index (χ1v) is 5.63. The fourth-order valence-corrected chi connectivity index (χ4v) is 2.19. The molecule has 0 aromatic rings. The van der Waals surface area contributed by atoms with Gasteiger partial charge in [0, 0.05) is 11.5 Å². The first kappa shape index (κ1) is 10.4. The standard InChI is InChI=1S/C8H15N3OS/c9-8(12)11-10-7-4-2-1-3-5-13-6-7/h1-6H2,(H3,9,11,12)/b10-7-. The van der Waals surface area contributed by atoms with Gasteiger partial charge >= 0.3 is 6.03 Å². The molecule has 0 atom stereocenters. The molecule has 1 rings (SSSR count). The number of hydrogen-bond acceptors (Lipinski definition) is 3. The van der Waals surface area contributed by atoms with Crippen LogP contribution >= 0.6 is 11.8 Å². The van der Waals surface area contributed by atoms with Crippen LogP contribution in [-0.2, 0) is 0 Å². The maximum atomic E-state index is 10.4. The molecule has 0 saturated carbocycles. The van der Waals surface area contributed by atoms with Gasteiger partial charge in [0.05, 0.1) is 0 Å². The zero-order valence-corrected chi connectivity index (χ0v) is 8.40. The number of urea groups is 1. The van der Waals surface area contributed by atoms with E-state index in [1.165, 1.54) is 25.0 Å². The van der Waals surface area contributed by atoms with Gasteiger partial charge < -0.3 is 5.73 Å². The SMILES string of the molecule is NC(=O)N/N=C1/CCCCCSC1. The van der Waals surface area contributed by atoms with Crippen molar-refractivity contribution in [3.8, 4) is 0 Å². The van der Waals surface area contributed by atoms with Crippen molar-refractivity contribution in [1.82, 2.24) is 5.43 Å². The molecule has 1 heterocycles. The zero-order valence-electron chi connectivity index (χ0n) is 7.58. The number of carbonyl (C=O) groups excluding carboxylic acids is 1. The molecule has 3 N–H and O–H groups in total. The van der Waals surface area contributed by atoms with Crippen LogP contribution in [0, 0.1) is 0 Å². The molecule has 1 fully saturated rings. The summed E-state index contributed by atoms with van der Waals surface area (Å²) in [5, 5.41) is 3.96. The summed E-state index contributed by atoms with van der Waals surface area (Å²) in [6.07, 6.45) is 4.69. The van der Waals surface area contributed by atoms with Crippen LogP contribution in [-0.4, -0.2) is 23.2 Å². The summed E-state index contributed by atoms with van der Waals surface area (Å²) in [6.45, 7) is 0. The van der Waals surface area contributed by atoms with Gasteiger partial charge in [-0.2, -0.15) is 16.9 Å². The van der Waals surface area contributed by atoms with Crippen LogP contribution in [0.4, 0.5) is 4.79 Å². The number of rotatable bonds is 1. The Morgan fingerprint density at radius 3 is 3.08 bits per heavy atom. The molecule has 1 aliphatic rings. The topological polar surface area (TPSA) is 67.5 Å². The van der Waals surface area contributed by atoms with Crippen molar-refractivity contribution < 1.29 is 4.79 Å². The number of thioether (sulfide) groups is 1. The molecule has 0 aromatic carbocycles. The average molecular weight is 201 g/mol. The Bertz CT molecular complexity index is 196. The van der Waals surface area contributed by atoms with Gasteiger partial charge in [-0.3, -0.25) is 0 Å². The van der Waals surface area contributed by atoms with E-state index in [0.29, 0.717) is 0 Å². The first-order chi connectivity index (χ1) is 6.29. The molecule has 0 unspecified atom stereocenters.